The third kappa shape index (κ3) is 3.67. The molecule has 0 unspecified atom stereocenters. The number of hydrogen-bond acceptors (Lipinski definition) is 3. The molecular formula is C25H31N3O. The van der Waals surface area contributed by atoms with Crippen molar-refractivity contribution in [2.75, 3.05) is 26.7 Å². The molecule has 5 rings (SSSR count). The fraction of sp³-hybridized carbons (Fsp3) is 0.440. The van der Waals surface area contributed by atoms with Crippen molar-refractivity contribution in [3.8, 4) is 5.75 Å². The van der Waals surface area contributed by atoms with Crippen LogP contribution in [0, 0.1) is 0 Å². The Morgan fingerprint density at radius 1 is 1.03 bits per heavy atom. The van der Waals surface area contributed by atoms with Crippen molar-refractivity contribution in [2.45, 2.75) is 44.7 Å². The highest BCUT2D eigenvalue weighted by Crippen LogP contribution is 2.35. The van der Waals surface area contributed by atoms with E-state index in [1.807, 2.05) is 0 Å². The fourth-order valence-corrected chi connectivity index (χ4v) is 5.10. The summed E-state index contributed by atoms with van der Waals surface area (Å²) in [5.41, 5.74) is 6.65. The molecule has 0 spiro atoms. The van der Waals surface area contributed by atoms with Crippen molar-refractivity contribution >= 4 is 10.9 Å². The molecule has 4 heteroatoms. The minimum Gasteiger partial charge on any atom is -0.496 e. The SMILES string of the molecule is COc1ccc([C@H]2NCCc3c2[nH]c2ccccc32)cc1CN1CCCCCC1. The van der Waals surface area contributed by atoms with Gasteiger partial charge in [-0.15, -0.1) is 0 Å². The Bertz CT molecular complexity index is 985. The molecule has 4 nitrogen and oxygen atoms in total. The zero-order chi connectivity index (χ0) is 19.6. The van der Waals surface area contributed by atoms with Gasteiger partial charge in [0, 0.05) is 35.2 Å². The molecule has 1 fully saturated rings. The minimum atomic E-state index is 0.208. The predicted octanol–water partition coefficient (Wildman–Crippen LogP) is 4.79. The molecule has 0 amide bonds. The van der Waals surface area contributed by atoms with Gasteiger partial charge in [0.05, 0.1) is 13.2 Å². The third-order valence-electron chi connectivity index (χ3n) is 6.59. The van der Waals surface area contributed by atoms with E-state index in [-0.39, 0.29) is 6.04 Å². The molecule has 0 aliphatic carbocycles. The molecule has 0 radical (unpaired) electrons. The first-order valence-corrected chi connectivity index (χ1v) is 11.1. The standard InChI is InChI=1S/C25H31N3O/c1-29-23-11-10-18(16-19(23)17-28-14-6-2-3-7-15-28)24-25-21(12-13-26-24)20-8-4-5-9-22(20)27-25/h4-5,8-11,16,24,26-27H,2-3,6-7,12-15,17H2,1H3/t24-/m1/s1. The number of H-pyrrole nitrogens is 1. The molecule has 2 aliphatic heterocycles. The quantitative estimate of drug-likeness (QED) is 0.674. The lowest BCUT2D eigenvalue weighted by Gasteiger charge is -2.27. The topological polar surface area (TPSA) is 40.3 Å². The zero-order valence-electron chi connectivity index (χ0n) is 17.3. The molecule has 3 aromatic rings. The molecule has 1 atom stereocenters. The van der Waals surface area contributed by atoms with Gasteiger partial charge in [0.1, 0.15) is 5.75 Å². The zero-order valence-corrected chi connectivity index (χ0v) is 17.3. The summed E-state index contributed by atoms with van der Waals surface area (Å²) in [4.78, 5) is 6.29. The molecule has 3 heterocycles. The highest BCUT2D eigenvalue weighted by molar-refractivity contribution is 5.85. The van der Waals surface area contributed by atoms with Crippen LogP contribution in [0.1, 0.15) is 54.1 Å². The fourth-order valence-electron chi connectivity index (χ4n) is 5.10. The minimum absolute atomic E-state index is 0.208. The maximum atomic E-state index is 5.72. The van der Waals surface area contributed by atoms with Gasteiger partial charge in [-0.25, -0.2) is 0 Å². The number of fused-ring (bicyclic) bond motifs is 3. The maximum Gasteiger partial charge on any atom is 0.123 e. The van der Waals surface area contributed by atoms with Crippen LogP contribution in [0.2, 0.25) is 0 Å². The Hall–Kier alpha value is -2.30. The molecule has 29 heavy (non-hydrogen) atoms. The van der Waals surface area contributed by atoms with Crippen LogP contribution in [0.5, 0.6) is 5.75 Å². The van der Waals surface area contributed by atoms with E-state index in [9.17, 15) is 0 Å². The summed E-state index contributed by atoms with van der Waals surface area (Å²) < 4.78 is 5.72. The summed E-state index contributed by atoms with van der Waals surface area (Å²) in [5, 5.41) is 5.11. The predicted molar refractivity (Wildman–Crippen MR) is 119 cm³/mol. The largest absolute Gasteiger partial charge is 0.496 e. The van der Waals surface area contributed by atoms with Gasteiger partial charge in [0.15, 0.2) is 0 Å². The highest BCUT2D eigenvalue weighted by Gasteiger charge is 2.26. The lowest BCUT2D eigenvalue weighted by Crippen LogP contribution is -2.30. The number of ether oxygens (including phenoxy) is 1. The van der Waals surface area contributed by atoms with Gasteiger partial charge in [-0.2, -0.15) is 0 Å². The van der Waals surface area contributed by atoms with E-state index in [2.05, 4.69) is 57.7 Å². The number of aromatic amines is 1. The van der Waals surface area contributed by atoms with Crippen molar-refractivity contribution < 1.29 is 4.74 Å². The van der Waals surface area contributed by atoms with Gasteiger partial charge < -0.3 is 15.0 Å². The van der Waals surface area contributed by atoms with Gasteiger partial charge in [-0.3, -0.25) is 4.90 Å². The van der Waals surface area contributed by atoms with Crippen LogP contribution in [-0.2, 0) is 13.0 Å². The van der Waals surface area contributed by atoms with Gasteiger partial charge in [0.2, 0.25) is 0 Å². The van der Waals surface area contributed by atoms with E-state index in [0.717, 1.165) is 25.3 Å². The van der Waals surface area contributed by atoms with Crippen LogP contribution < -0.4 is 10.1 Å². The van der Waals surface area contributed by atoms with E-state index in [1.54, 1.807) is 7.11 Å². The number of methoxy groups -OCH3 is 1. The van der Waals surface area contributed by atoms with Crippen LogP contribution >= 0.6 is 0 Å². The Labute approximate surface area is 173 Å². The second-order valence-electron chi connectivity index (χ2n) is 8.46. The monoisotopic (exact) mass is 389 g/mol. The summed E-state index contributed by atoms with van der Waals surface area (Å²) in [6, 6.07) is 15.6. The number of hydrogen-bond donors (Lipinski definition) is 2. The van der Waals surface area contributed by atoms with E-state index in [0.29, 0.717) is 0 Å². The van der Waals surface area contributed by atoms with Crippen LogP contribution in [0.25, 0.3) is 10.9 Å². The average Bonchev–Trinajstić information content (AvgIpc) is 2.95. The third-order valence-corrected chi connectivity index (χ3v) is 6.59. The Morgan fingerprint density at radius 3 is 2.69 bits per heavy atom. The summed E-state index contributed by atoms with van der Waals surface area (Å²) in [6.07, 6.45) is 6.42. The summed E-state index contributed by atoms with van der Waals surface area (Å²) in [6.45, 7) is 4.37. The van der Waals surface area contributed by atoms with Crippen LogP contribution in [-0.4, -0.2) is 36.6 Å². The number of likely N-dealkylation sites (tertiary alicyclic amines) is 1. The number of rotatable bonds is 4. The summed E-state index contributed by atoms with van der Waals surface area (Å²) in [5.74, 6) is 1.01. The van der Waals surface area contributed by atoms with Crippen molar-refractivity contribution in [2.24, 2.45) is 0 Å². The Balaban J connectivity index is 1.49. The first kappa shape index (κ1) is 18.7. The smallest absolute Gasteiger partial charge is 0.123 e. The van der Waals surface area contributed by atoms with E-state index in [1.165, 1.54) is 72.1 Å². The number of aromatic nitrogens is 1. The number of nitrogens with zero attached hydrogens (tertiary/aromatic N) is 1. The first-order valence-electron chi connectivity index (χ1n) is 11.1. The average molecular weight is 390 g/mol. The van der Waals surface area contributed by atoms with Crippen molar-refractivity contribution in [3.05, 3.63) is 64.8 Å². The van der Waals surface area contributed by atoms with Crippen molar-refractivity contribution in [1.29, 1.82) is 0 Å². The molecule has 0 bridgehead atoms. The molecule has 2 aliphatic rings. The van der Waals surface area contributed by atoms with E-state index >= 15 is 0 Å². The van der Waals surface area contributed by atoms with Crippen molar-refractivity contribution in [1.82, 2.24) is 15.2 Å². The molecule has 0 saturated carbocycles. The second-order valence-corrected chi connectivity index (χ2v) is 8.46. The first-order chi connectivity index (χ1) is 14.3. The lowest BCUT2D eigenvalue weighted by atomic mass is 9.93. The molecule has 2 N–H and O–H groups in total. The molecule has 1 aromatic heterocycles. The normalized spacial score (nSPS) is 20.4. The van der Waals surface area contributed by atoms with Gasteiger partial charge in [0.25, 0.3) is 0 Å². The van der Waals surface area contributed by atoms with Gasteiger partial charge >= 0.3 is 0 Å². The Morgan fingerprint density at radius 2 is 1.86 bits per heavy atom. The van der Waals surface area contributed by atoms with E-state index < -0.39 is 0 Å². The number of para-hydroxylation sites is 1. The second kappa shape index (κ2) is 8.21. The number of nitrogens with one attached hydrogen (secondary N) is 2. The van der Waals surface area contributed by atoms with Crippen LogP contribution in [0.3, 0.4) is 0 Å². The van der Waals surface area contributed by atoms with Crippen LogP contribution in [0.4, 0.5) is 0 Å². The summed E-state index contributed by atoms with van der Waals surface area (Å²) in [7, 11) is 1.79. The Kier molecular flexibility index (Phi) is 5.30. The molecule has 152 valence electrons. The van der Waals surface area contributed by atoms with Gasteiger partial charge in [-0.05, 0) is 61.7 Å². The molecular weight excluding hydrogens is 358 g/mol. The highest BCUT2D eigenvalue weighted by atomic mass is 16.5. The van der Waals surface area contributed by atoms with Crippen molar-refractivity contribution in [3.63, 3.8) is 0 Å². The lowest BCUT2D eigenvalue weighted by molar-refractivity contribution is 0.271. The van der Waals surface area contributed by atoms with Crippen LogP contribution in [0.15, 0.2) is 42.5 Å². The molecule has 1 saturated heterocycles. The molecule has 2 aromatic carbocycles. The maximum absolute atomic E-state index is 5.72. The number of benzene rings is 2. The van der Waals surface area contributed by atoms with Gasteiger partial charge in [-0.1, -0.05) is 37.1 Å². The summed E-state index contributed by atoms with van der Waals surface area (Å²) >= 11 is 0. The van der Waals surface area contributed by atoms with E-state index in [4.69, 9.17) is 4.74 Å².